The molecule has 0 heterocycles. The molecular weight excluding hydrogens is 94.0 g/mol. The molecular formula is C4H9NO2. The van der Waals surface area contributed by atoms with Gasteiger partial charge in [0, 0.05) is 10.2 Å². The second-order valence-corrected chi connectivity index (χ2v) is 1.20. The van der Waals surface area contributed by atoms with Crippen LogP contribution in [-0.2, 0) is 4.79 Å². The number of hydrogen-bond donors (Lipinski definition) is 2. The summed E-state index contributed by atoms with van der Waals surface area (Å²) in [6.45, 7) is -2.36. The number of hydrogen-bond acceptors (Lipinski definition) is 2. The Hall–Kier alpha value is -0.570. The molecule has 0 saturated heterocycles. The highest BCUT2D eigenvalue weighted by atomic mass is 16.4. The molecule has 1 atom stereocenters. The van der Waals surface area contributed by atoms with E-state index in [1.165, 1.54) is 0 Å². The van der Waals surface area contributed by atoms with Crippen LogP contribution in [0, 0.1) is 0 Å². The number of carboxylic acids is 1. The van der Waals surface area contributed by atoms with Gasteiger partial charge in [-0.05, 0) is 6.85 Å². The molecule has 3 heteroatoms. The Bertz CT molecular complexity index is 133. The fraction of sp³-hybridized carbons (Fsp3) is 0.750. The van der Waals surface area contributed by atoms with Gasteiger partial charge in [0.25, 0.3) is 0 Å². The summed E-state index contributed by atoms with van der Waals surface area (Å²) in [5.41, 5.74) is 5.01. The fourth-order valence-corrected chi connectivity index (χ4v) is 0.188. The Balaban J connectivity index is 3.85. The van der Waals surface area contributed by atoms with Crippen LogP contribution in [0.1, 0.15) is 17.4 Å². The highest BCUT2D eigenvalue weighted by molar-refractivity contribution is 5.67. The van der Waals surface area contributed by atoms with Crippen LogP contribution in [0.2, 0.25) is 0 Å². The lowest BCUT2D eigenvalue weighted by Gasteiger charge is -1.95. The minimum absolute atomic E-state index is 0.517. The van der Waals surface area contributed by atoms with E-state index in [0.29, 0.717) is 0 Å². The minimum atomic E-state index is -2.36. The van der Waals surface area contributed by atoms with Gasteiger partial charge in [-0.25, -0.2) is 0 Å². The molecule has 7 heavy (non-hydrogen) atoms. The molecule has 0 aliphatic carbocycles. The first kappa shape index (κ1) is 2.67. The molecule has 0 aromatic carbocycles. The van der Waals surface area contributed by atoms with Crippen LogP contribution in [0.5, 0.6) is 0 Å². The van der Waals surface area contributed by atoms with Gasteiger partial charge in [0.05, 0.1) is 6.42 Å². The van der Waals surface area contributed by atoms with Crippen LogP contribution in [0.4, 0.5) is 0 Å². The standard InChI is InChI=1S/C4H9NO2/c1-3(5)2-4(6)7/h3H,2,5H2,1H3,(H,6,7)/t3-/m1/s1/i1D3. The fourth-order valence-electron chi connectivity index (χ4n) is 0.188. The third kappa shape index (κ3) is 5.43. The summed E-state index contributed by atoms with van der Waals surface area (Å²) in [5.74, 6) is -1.19. The summed E-state index contributed by atoms with van der Waals surface area (Å²) in [4.78, 5) is 9.93. The first-order chi connectivity index (χ1) is 4.34. The van der Waals surface area contributed by atoms with Crippen LogP contribution in [-0.4, -0.2) is 17.1 Å². The maximum atomic E-state index is 9.93. The molecule has 0 aromatic rings. The van der Waals surface area contributed by atoms with Crippen molar-refractivity contribution in [2.75, 3.05) is 0 Å². The molecule has 0 fully saturated rings. The van der Waals surface area contributed by atoms with Crippen LogP contribution >= 0.6 is 0 Å². The van der Waals surface area contributed by atoms with Crippen molar-refractivity contribution < 1.29 is 14.0 Å². The lowest BCUT2D eigenvalue weighted by molar-refractivity contribution is -0.137. The van der Waals surface area contributed by atoms with E-state index in [1.54, 1.807) is 0 Å². The van der Waals surface area contributed by atoms with Crippen LogP contribution in [0.15, 0.2) is 0 Å². The highest BCUT2D eigenvalue weighted by Crippen LogP contribution is 1.82. The molecule has 0 rings (SSSR count). The molecule has 42 valence electrons. The van der Waals surface area contributed by atoms with E-state index >= 15 is 0 Å². The van der Waals surface area contributed by atoms with E-state index in [-0.39, 0.29) is 0 Å². The van der Waals surface area contributed by atoms with Crippen molar-refractivity contribution >= 4 is 5.97 Å². The van der Waals surface area contributed by atoms with Crippen LogP contribution in [0.25, 0.3) is 0 Å². The minimum Gasteiger partial charge on any atom is -0.481 e. The predicted octanol–water partition coefficient (Wildman–Crippen LogP) is -0.192. The van der Waals surface area contributed by atoms with Gasteiger partial charge in [-0.3, -0.25) is 4.79 Å². The zero-order chi connectivity index (χ0) is 8.36. The Labute approximate surface area is 46.3 Å². The van der Waals surface area contributed by atoms with Crippen molar-refractivity contribution in [3.63, 3.8) is 0 Å². The summed E-state index contributed by atoms with van der Waals surface area (Å²) in [5, 5.41) is 8.12. The van der Waals surface area contributed by atoms with Gasteiger partial charge in [-0.2, -0.15) is 0 Å². The summed E-state index contributed by atoms with van der Waals surface area (Å²) in [6.07, 6.45) is -0.517. The normalized spacial score (nSPS) is 21.6. The predicted molar refractivity (Wildman–Crippen MR) is 25.9 cm³/mol. The number of aliphatic carboxylic acids is 1. The monoisotopic (exact) mass is 106 g/mol. The van der Waals surface area contributed by atoms with Gasteiger partial charge in [0.2, 0.25) is 0 Å². The summed E-state index contributed by atoms with van der Waals surface area (Å²) < 4.78 is 20.0. The summed E-state index contributed by atoms with van der Waals surface area (Å²) >= 11 is 0. The maximum Gasteiger partial charge on any atom is 0.304 e. The topological polar surface area (TPSA) is 63.3 Å². The Morgan fingerprint density at radius 2 is 2.86 bits per heavy atom. The first-order valence-corrected chi connectivity index (χ1v) is 1.81. The molecule has 0 aliphatic rings. The van der Waals surface area contributed by atoms with Crippen LogP contribution in [0.3, 0.4) is 0 Å². The van der Waals surface area contributed by atoms with E-state index in [9.17, 15) is 4.79 Å². The van der Waals surface area contributed by atoms with E-state index in [0.717, 1.165) is 0 Å². The molecule has 0 spiro atoms. The average molecular weight is 106 g/mol. The lowest BCUT2D eigenvalue weighted by atomic mass is 10.3. The quantitative estimate of drug-likeness (QED) is 0.512. The van der Waals surface area contributed by atoms with Crippen molar-refractivity contribution in [1.29, 1.82) is 0 Å². The number of carboxylic acid groups (broad SMARTS) is 1. The molecule has 0 aliphatic heterocycles. The molecule has 0 unspecified atom stereocenters. The maximum absolute atomic E-state index is 9.93. The van der Waals surface area contributed by atoms with Crippen LogP contribution < -0.4 is 5.73 Å². The first-order valence-electron chi connectivity index (χ1n) is 3.31. The molecule has 3 nitrogen and oxygen atoms in total. The molecule has 0 saturated carbocycles. The highest BCUT2D eigenvalue weighted by Gasteiger charge is 1.98. The van der Waals surface area contributed by atoms with Crippen molar-refractivity contribution in [2.24, 2.45) is 5.73 Å². The van der Waals surface area contributed by atoms with E-state index < -0.39 is 25.3 Å². The lowest BCUT2D eigenvalue weighted by Crippen LogP contribution is -2.18. The number of nitrogens with two attached hydrogens (primary N) is 1. The third-order valence-corrected chi connectivity index (χ3v) is 0.395. The van der Waals surface area contributed by atoms with Gasteiger partial charge >= 0.3 is 5.97 Å². The van der Waals surface area contributed by atoms with Crippen molar-refractivity contribution in [1.82, 2.24) is 0 Å². The third-order valence-electron chi connectivity index (χ3n) is 0.395. The number of carbonyl (C=O) groups is 1. The summed E-state index contributed by atoms with van der Waals surface area (Å²) in [7, 11) is 0. The van der Waals surface area contributed by atoms with E-state index in [1.807, 2.05) is 0 Å². The molecule has 0 bridgehead atoms. The molecule has 3 N–H and O–H groups in total. The Morgan fingerprint density at radius 1 is 2.29 bits per heavy atom. The van der Waals surface area contributed by atoms with Crippen molar-refractivity contribution in [3.05, 3.63) is 0 Å². The van der Waals surface area contributed by atoms with Gasteiger partial charge in [-0.1, -0.05) is 0 Å². The van der Waals surface area contributed by atoms with E-state index in [2.05, 4.69) is 0 Å². The second kappa shape index (κ2) is 2.58. The van der Waals surface area contributed by atoms with Crippen molar-refractivity contribution in [3.8, 4) is 0 Å². The smallest absolute Gasteiger partial charge is 0.304 e. The number of rotatable bonds is 2. The zero-order valence-corrected chi connectivity index (χ0v) is 3.72. The molecule has 0 radical (unpaired) electrons. The Morgan fingerprint density at radius 3 is 3.00 bits per heavy atom. The van der Waals surface area contributed by atoms with E-state index in [4.69, 9.17) is 15.0 Å². The zero-order valence-electron chi connectivity index (χ0n) is 6.72. The summed E-state index contributed by atoms with van der Waals surface area (Å²) in [6, 6.07) is -1.26. The molecule has 0 amide bonds. The van der Waals surface area contributed by atoms with Gasteiger partial charge in [0.15, 0.2) is 0 Å². The van der Waals surface area contributed by atoms with Crippen molar-refractivity contribution in [2.45, 2.75) is 19.3 Å². The van der Waals surface area contributed by atoms with Gasteiger partial charge < -0.3 is 10.8 Å². The average Bonchev–Trinajstić information content (AvgIpc) is 1.60. The van der Waals surface area contributed by atoms with Gasteiger partial charge in [0.1, 0.15) is 0 Å². The second-order valence-electron chi connectivity index (χ2n) is 1.20. The Kier molecular flexibility index (Phi) is 0.982. The van der Waals surface area contributed by atoms with Gasteiger partial charge in [-0.15, -0.1) is 0 Å². The molecule has 0 aromatic heterocycles. The SMILES string of the molecule is [2H]C([2H])([2H])[C@@H](N)CC(=O)O. The largest absolute Gasteiger partial charge is 0.481 e.